The number of sulfone groups is 1. The van der Waals surface area contributed by atoms with Crippen LogP contribution in [-0.2, 0) is 14.6 Å². The molecule has 5 heteroatoms. The van der Waals surface area contributed by atoms with Gasteiger partial charge in [-0.25, -0.2) is 8.42 Å². The van der Waals surface area contributed by atoms with E-state index in [1.807, 2.05) is 0 Å². The minimum absolute atomic E-state index is 0.247. The van der Waals surface area contributed by atoms with Gasteiger partial charge in [-0.1, -0.05) is 0 Å². The highest BCUT2D eigenvalue weighted by Crippen LogP contribution is 2.16. The van der Waals surface area contributed by atoms with E-state index in [1.165, 1.54) is 0 Å². The van der Waals surface area contributed by atoms with Gasteiger partial charge in [-0.05, 0) is 33.7 Å². The predicted octanol–water partition coefficient (Wildman–Crippen LogP) is 0.826. The SMILES string of the molecule is COCCNCCCS(=O)(=O)C(C)(C)C. The molecule has 0 aliphatic heterocycles. The average Bonchev–Trinajstić information content (AvgIpc) is 2.09. The van der Waals surface area contributed by atoms with E-state index in [1.54, 1.807) is 27.9 Å². The van der Waals surface area contributed by atoms with Crippen LogP contribution in [0.2, 0.25) is 0 Å². The Labute approximate surface area is 93.3 Å². The van der Waals surface area contributed by atoms with Crippen LogP contribution in [0.25, 0.3) is 0 Å². The zero-order chi connectivity index (χ0) is 11.9. The van der Waals surface area contributed by atoms with Gasteiger partial charge in [-0.15, -0.1) is 0 Å². The van der Waals surface area contributed by atoms with Gasteiger partial charge in [0.1, 0.15) is 0 Å². The minimum Gasteiger partial charge on any atom is -0.383 e. The number of ether oxygens (including phenoxy) is 1. The molecule has 4 nitrogen and oxygen atoms in total. The third kappa shape index (κ3) is 6.12. The van der Waals surface area contributed by atoms with Gasteiger partial charge in [-0.3, -0.25) is 0 Å². The van der Waals surface area contributed by atoms with Gasteiger partial charge in [0.25, 0.3) is 0 Å². The van der Waals surface area contributed by atoms with Crippen molar-refractivity contribution in [3.8, 4) is 0 Å². The molecule has 0 atom stereocenters. The smallest absolute Gasteiger partial charge is 0.155 e. The quantitative estimate of drug-likeness (QED) is 0.666. The molecule has 0 aromatic heterocycles. The highest BCUT2D eigenvalue weighted by molar-refractivity contribution is 7.92. The summed E-state index contributed by atoms with van der Waals surface area (Å²) in [5.74, 6) is 0.247. The largest absolute Gasteiger partial charge is 0.383 e. The molecular weight excluding hydrogens is 214 g/mol. The Morgan fingerprint density at radius 1 is 1.20 bits per heavy atom. The molecular formula is C10H23NO3S. The Balaban J connectivity index is 3.69. The zero-order valence-electron chi connectivity index (χ0n) is 10.2. The van der Waals surface area contributed by atoms with E-state index in [-0.39, 0.29) is 5.75 Å². The normalized spacial score (nSPS) is 13.1. The predicted molar refractivity (Wildman–Crippen MR) is 62.9 cm³/mol. The van der Waals surface area contributed by atoms with E-state index in [9.17, 15) is 8.42 Å². The van der Waals surface area contributed by atoms with Gasteiger partial charge >= 0.3 is 0 Å². The lowest BCUT2D eigenvalue weighted by molar-refractivity contribution is 0.199. The summed E-state index contributed by atoms with van der Waals surface area (Å²) in [7, 11) is -1.32. The molecule has 0 fully saturated rings. The maximum Gasteiger partial charge on any atom is 0.155 e. The Morgan fingerprint density at radius 3 is 2.27 bits per heavy atom. The van der Waals surface area contributed by atoms with Gasteiger partial charge in [-0.2, -0.15) is 0 Å². The summed E-state index contributed by atoms with van der Waals surface area (Å²) in [6.45, 7) is 7.36. The highest BCUT2D eigenvalue weighted by atomic mass is 32.2. The summed E-state index contributed by atoms with van der Waals surface area (Å²) in [5, 5.41) is 3.12. The van der Waals surface area contributed by atoms with Crippen molar-refractivity contribution in [1.82, 2.24) is 5.32 Å². The molecule has 0 bridgehead atoms. The second kappa shape index (κ2) is 6.45. The molecule has 15 heavy (non-hydrogen) atoms. The minimum atomic E-state index is -2.96. The van der Waals surface area contributed by atoms with Crippen LogP contribution in [0.5, 0.6) is 0 Å². The topological polar surface area (TPSA) is 55.4 Å². The molecule has 0 spiro atoms. The van der Waals surface area contributed by atoms with Crippen molar-refractivity contribution < 1.29 is 13.2 Å². The summed E-state index contributed by atoms with van der Waals surface area (Å²) in [6.07, 6.45) is 0.656. The van der Waals surface area contributed by atoms with Crippen LogP contribution >= 0.6 is 0 Å². The second-order valence-corrected chi connectivity index (χ2v) is 7.39. The summed E-state index contributed by atoms with van der Waals surface area (Å²) < 4.78 is 27.6. The summed E-state index contributed by atoms with van der Waals surface area (Å²) in [5.41, 5.74) is 0. The van der Waals surface area contributed by atoms with Crippen LogP contribution in [-0.4, -0.2) is 45.7 Å². The van der Waals surface area contributed by atoms with Crippen molar-refractivity contribution in [3.63, 3.8) is 0 Å². The lowest BCUT2D eigenvalue weighted by atomic mass is 10.3. The number of rotatable bonds is 7. The van der Waals surface area contributed by atoms with E-state index in [0.29, 0.717) is 13.0 Å². The van der Waals surface area contributed by atoms with Crippen molar-refractivity contribution >= 4 is 9.84 Å². The Bertz CT molecular complexity index is 254. The van der Waals surface area contributed by atoms with E-state index >= 15 is 0 Å². The van der Waals surface area contributed by atoms with Crippen molar-refractivity contribution in [3.05, 3.63) is 0 Å². The van der Waals surface area contributed by atoms with Crippen LogP contribution in [0.3, 0.4) is 0 Å². The number of hydrogen-bond acceptors (Lipinski definition) is 4. The van der Waals surface area contributed by atoms with Crippen LogP contribution in [0, 0.1) is 0 Å². The van der Waals surface area contributed by atoms with E-state index in [2.05, 4.69) is 5.32 Å². The lowest BCUT2D eigenvalue weighted by Gasteiger charge is -2.18. The second-order valence-electron chi connectivity index (χ2n) is 4.53. The third-order valence-electron chi connectivity index (χ3n) is 2.18. The first-order chi connectivity index (χ1) is 6.81. The molecule has 0 rings (SSSR count). The highest BCUT2D eigenvalue weighted by Gasteiger charge is 2.27. The van der Waals surface area contributed by atoms with Gasteiger partial charge in [0.05, 0.1) is 17.1 Å². The van der Waals surface area contributed by atoms with E-state index in [0.717, 1.165) is 13.1 Å². The lowest BCUT2D eigenvalue weighted by Crippen LogP contribution is -2.32. The van der Waals surface area contributed by atoms with Gasteiger partial charge in [0, 0.05) is 13.7 Å². The molecule has 0 aromatic rings. The Hall–Kier alpha value is -0.130. The van der Waals surface area contributed by atoms with Crippen LogP contribution in [0.1, 0.15) is 27.2 Å². The maximum absolute atomic E-state index is 11.7. The number of hydrogen-bond donors (Lipinski definition) is 1. The van der Waals surface area contributed by atoms with E-state index in [4.69, 9.17) is 4.74 Å². The number of nitrogens with one attached hydrogen (secondary N) is 1. The van der Waals surface area contributed by atoms with Crippen LogP contribution in [0.15, 0.2) is 0 Å². The molecule has 1 N–H and O–H groups in total. The zero-order valence-corrected chi connectivity index (χ0v) is 11.0. The van der Waals surface area contributed by atoms with Gasteiger partial charge < -0.3 is 10.1 Å². The van der Waals surface area contributed by atoms with Crippen molar-refractivity contribution in [2.45, 2.75) is 31.9 Å². The molecule has 0 amide bonds. The van der Waals surface area contributed by atoms with Crippen LogP contribution < -0.4 is 5.32 Å². The Morgan fingerprint density at radius 2 is 1.80 bits per heavy atom. The molecule has 0 heterocycles. The molecule has 0 aromatic carbocycles. The van der Waals surface area contributed by atoms with Crippen LogP contribution in [0.4, 0.5) is 0 Å². The fourth-order valence-corrected chi connectivity index (χ4v) is 2.13. The fourth-order valence-electron chi connectivity index (χ4n) is 0.993. The van der Waals surface area contributed by atoms with Crippen molar-refractivity contribution in [2.75, 3.05) is 32.6 Å². The molecule has 0 saturated carbocycles. The summed E-state index contributed by atoms with van der Waals surface area (Å²) in [4.78, 5) is 0. The molecule has 92 valence electrons. The molecule has 0 aliphatic carbocycles. The maximum atomic E-state index is 11.7. The summed E-state index contributed by atoms with van der Waals surface area (Å²) >= 11 is 0. The fraction of sp³-hybridized carbons (Fsp3) is 1.00. The van der Waals surface area contributed by atoms with E-state index < -0.39 is 14.6 Å². The standard InChI is InChI=1S/C10H23NO3S/c1-10(2,3)15(12,13)9-5-6-11-7-8-14-4/h11H,5-9H2,1-4H3. The molecule has 0 radical (unpaired) electrons. The third-order valence-corrected chi connectivity index (χ3v) is 4.87. The Kier molecular flexibility index (Phi) is 6.40. The first-order valence-electron chi connectivity index (χ1n) is 5.23. The van der Waals surface area contributed by atoms with Gasteiger partial charge in [0.2, 0.25) is 0 Å². The van der Waals surface area contributed by atoms with Crippen molar-refractivity contribution in [2.24, 2.45) is 0 Å². The average molecular weight is 237 g/mol. The summed E-state index contributed by atoms with van der Waals surface area (Å²) in [6, 6.07) is 0. The van der Waals surface area contributed by atoms with Crippen molar-refractivity contribution in [1.29, 1.82) is 0 Å². The van der Waals surface area contributed by atoms with Gasteiger partial charge in [0.15, 0.2) is 9.84 Å². The molecule has 0 saturated heterocycles. The molecule has 0 unspecified atom stereocenters. The monoisotopic (exact) mass is 237 g/mol. The molecule has 0 aliphatic rings. The first kappa shape index (κ1) is 14.9. The first-order valence-corrected chi connectivity index (χ1v) is 6.88. The number of methoxy groups -OCH3 is 1.